The second-order valence-corrected chi connectivity index (χ2v) is 8.34. The Bertz CT molecular complexity index is 837. The number of amides is 1. The number of aryl methyl sites for hydroxylation is 1. The summed E-state index contributed by atoms with van der Waals surface area (Å²) >= 11 is 0. The topological polar surface area (TPSA) is 78.5 Å². The van der Waals surface area contributed by atoms with Crippen LogP contribution in [0.1, 0.15) is 22.3 Å². The van der Waals surface area contributed by atoms with Crippen molar-refractivity contribution >= 4 is 15.9 Å². The molecule has 2 N–H and O–H groups in total. The number of hydrogen-bond donors (Lipinski definition) is 2. The number of likely N-dealkylation sites (N-methyl/N-ethyl adjacent to an activating group) is 1. The number of sulfonamides is 1. The van der Waals surface area contributed by atoms with Crippen LogP contribution in [-0.2, 0) is 16.4 Å². The van der Waals surface area contributed by atoms with E-state index in [-0.39, 0.29) is 10.8 Å². The number of rotatable bonds is 10. The second kappa shape index (κ2) is 10.2. The number of nitrogens with one attached hydrogen (secondary N) is 2. The standard InChI is InChI=1S/C20H27N3O3S/c1-23(2)15-14-22-27(25,26)19-12-6-11-18(16-19)20(24)21-13-7-10-17-8-4-3-5-9-17/h3-6,8-9,11-12,16,22H,7,10,13-15H2,1-2H3,(H,21,24). The third-order valence-electron chi connectivity index (χ3n) is 4.03. The van der Waals surface area contributed by atoms with Gasteiger partial charge in [0.2, 0.25) is 10.0 Å². The summed E-state index contributed by atoms with van der Waals surface area (Å²) in [6.07, 6.45) is 1.70. The Labute approximate surface area is 161 Å². The van der Waals surface area contributed by atoms with Gasteiger partial charge in [0, 0.05) is 25.2 Å². The molecule has 0 bridgehead atoms. The Kier molecular flexibility index (Phi) is 7.97. The maximum atomic E-state index is 12.3. The van der Waals surface area contributed by atoms with Gasteiger partial charge in [0.05, 0.1) is 4.90 Å². The zero-order chi connectivity index (χ0) is 19.7. The fraction of sp³-hybridized carbons (Fsp3) is 0.350. The first-order valence-corrected chi connectivity index (χ1v) is 10.4. The van der Waals surface area contributed by atoms with Crippen molar-refractivity contribution in [1.29, 1.82) is 0 Å². The Morgan fingerprint density at radius 3 is 2.44 bits per heavy atom. The average Bonchev–Trinajstić information content (AvgIpc) is 2.65. The number of carbonyl (C=O) groups excluding carboxylic acids is 1. The van der Waals surface area contributed by atoms with Crippen LogP contribution in [0.3, 0.4) is 0 Å². The Hall–Kier alpha value is -2.22. The highest BCUT2D eigenvalue weighted by Crippen LogP contribution is 2.11. The first-order chi connectivity index (χ1) is 12.9. The van der Waals surface area contributed by atoms with E-state index < -0.39 is 10.0 Å². The molecule has 0 aliphatic carbocycles. The molecule has 2 rings (SSSR count). The molecule has 0 aliphatic rings. The van der Waals surface area contributed by atoms with E-state index in [1.165, 1.54) is 17.7 Å². The predicted molar refractivity (Wildman–Crippen MR) is 107 cm³/mol. The van der Waals surface area contributed by atoms with E-state index in [0.29, 0.717) is 25.2 Å². The zero-order valence-corrected chi connectivity index (χ0v) is 16.6. The van der Waals surface area contributed by atoms with Crippen LogP contribution in [0.2, 0.25) is 0 Å². The van der Waals surface area contributed by atoms with E-state index in [0.717, 1.165) is 12.8 Å². The van der Waals surface area contributed by atoms with Gasteiger partial charge in [-0.1, -0.05) is 36.4 Å². The number of benzene rings is 2. The molecule has 7 heteroatoms. The smallest absolute Gasteiger partial charge is 0.251 e. The van der Waals surface area contributed by atoms with Gasteiger partial charge in [-0.2, -0.15) is 0 Å². The second-order valence-electron chi connectivity index (χ2n) is 6.57. The number of carbonyl (C=O) groups is 1. The third kappa shape index (κ3) is 7.13. The zero-order valence-electron chi connectivity index (χ0n) is 15.8. The van der Waals surface area contributed by atoms with Crippen molar-refractivity contribution < 1.29 is 13.2 Å². The highest BCUT2D eigenvalue weighted by molar-refractivity contribution is 7.89. The average molecular weight is 390 g/mol. The molecule has 2 aromatic carbocycles. The van der Waals surface area contributed by atoms with Crippen molar-refractivity contribution in [2.45, 2.75) is 17.7 Å². The van der Waals surface area contributed by atoms with Crippen LogP contribution in [-0.4, -0.2) is 53.0 Å². The summed E-state index contributed by atoms with van der Waals surface area (Å²) < 4.78 is 27.2. The lowest BCUT2D eigenvalue weighted by Crippen LogP contribution is -2.31. The summed E-state index contributed by atoms with van der Waals surface area (Å²) in [6, 6.07) is 16.2. The summed E-state index contributed by atoms with van der Waals surface area (Å²) in [4.78, 5) is 14.3. The van der Waals surface area contributed by atoms with E-state index in [2.05, 4.69) is 22.2 Å². The van der Waals surface area contributed by atoms with Crippen LogP contribution in [0.4, 0.5) is 0 Å². The fourth-order valence-corrected chi connectivity index (χ4v) is 3.60. The lowest BCUT2D eigenvalue weighted by Gasteiger charge is -2.11. The fourth-order valence-electron chi connectivity index (χ4n) is 2.53. The Morgan fingerprint density at radius 1 is 1.00 bits per heavy atom. The van der Waals surface area contributed by atoms with Crippen molar-refractivity contribution in [3.05, 3.63) is 65.7 Å². The molecule has 0 aromatic heterocycles. The summed E-state index contributed by atoms with van der Waals surface area (Å²) in [7, 11) is 0.114. The van der Waals surface area contributed by atoms with Gasteiger partial charge in [0.25, 0.3) is 5.91 Å². The van der Waals surface area contributed by atoms with Crippen LogP contribution >= 0.6 is 0 Å². The Balaban J connectivity index is 1.88. The molecule has 1 amide bonds. The maximum absolute atomic E-state index is 12.3. The molecule has 27 heavy (non-hydrogen) atoms. The van der Waals surface area contributed by atoms with E-state index in [9.17, 15) is 13.2 Å². The van der Waals surface area contributed by atoms with Crippen LogP contribution in [0.25, 0.3) is 0 Å². The maximum Gasteiger partial charge on any atom is 0.251 e. The largest absolute Gasteiger partial charge is 0.352 e. The Morgan fingerprint density at radius 2 is 1.74 bits per heavy atom. The SMILES string of the molecule is CN(C)CCNS(=O)(=O)c1cccc(C(=O)NCCCc2ccccc2)c1. The summed E-state index contributed by atoms with van der Waals surface area (Å²) in [5, 5.41) is 2.85. The normalized spacial score (nSPS) is 11.5. The minimum Gasteiger partial charge on any atom is -0.352 e. The van der Waals surface area contributed by atoms with Crippen LogP contribution in [0.15, 0.2) is 59.5 Å². The van der Waals surface area contributed by atoms with Gasteiger partial charge in [0.15, 0.2) is 0 Å². The molecule has 146 valence electrons. The minimum atomic E-state index is -3.63. The van der Waals surface area contributed by atoms with Gasteiger partial charge >= 0.3 is 0 Å². The highest BCUT2D eigenvalue weighted by Gasteiger charge is 2.15. The lowest BCUT2D eigenvalue weighted by molar-refractivity contribution is 0.0953. The van der Waals surface area contributed by atoms with Crippen LogP contribution < -0.4 is 10.0 Å². The van der Waals surface area contributed by atoms with E-state index >= 15 is 0 Å². The molecule has 0 unspecified atom stereocenters. The quantitative estimate of drug-likeness (QED) is 0.608. The molecule has 0 fully saturated rings. The molecule has 0 atom stereocenters. The van der Waals surface area contributed by atoms with E-state index in [4.69, 9.17) is 0 Å². The van der Waals surface area contributed by atoms with Crippen LogP contribution in [0.5, 0.6) is 0 Å². The van der Waals surface area contributed by atoms with Gasteiger partial charge in [-0.05, 0) is 50.7 Å². The highest BCUT2D eigenvalue weighted by atomic mass is 32.2. The molecule has 0 spiro atoms. The molecule has 0 saturated carbocycles. The third-order valence-corrected chi connectivity index (χ3v) is 5.49. The molecule has 0 aliphatic heterocycles. The molecule has 2 aromatic rings. The molecular formula is C20H27N3O3S. The van der Waals surface area contributed by atoms with E-state index in [1.54, 1.807) is 12.1 Å². The van der Waals surface area contributed by atoms with Gasteiger partial charge < -0.3 is 10.2 Å². The lowest BCUT2D eigenvalue weighted by atomic mass is 10.1. The van der Waals surface area contributed by atoms with Gasteiger partial charge in [-0.25, -0.2) is 13.1 Å². The van der Waals surface area contributed by atoms with Gasteiger partial charge in [0.1, 0.15) is 0 Å². The first-order valence-electron chi connectivity index (χ1n) is 8.95. The molecule has 0 radical (unpaired) electrons. The van der Waals surface area contributed by atoms with Crippen LogP contribution in [0, 0.1) is 0 Å². The number of nitrogens with zero attached hydrogens (tertiary/aromatic N) is 1. The van der Waals surface area contributed by atoms with Crippen molar-refractivity contribution in [3.8, 4) is 0 Å². The molecule has 6 nitrogen and oxygen atoms in total. The monoisotopic (exact) mass is 389 g/mol. The molecule has 0 saturated heterocycles. The van der Waals surface area contributed by atoms with Crippen molar-refractivity contribution in [2.75, 3.05) is 33.7 Å². The van der Waals surface area contributed by atoms with Gasteiger partial charge in [-0.3, -0.25) is 4.79 Å². The van der Waals surface area contributed by atoms with Crippen molar-refractivity contribution in [3.63, 3.8) is 0 Å². The molecular weight excluding hydrogens is 362 g/mol. The predicted octanol–water partition coefficient (Wildman–Crippen LogP) is 1.89. The summed E-state index contributed by atoms with van der Waals surface area (Å²) in [5.74, 6) is -0.270. The molecule has 0 heterocycles. The minimum absolute atomic E-state index is 0.0955. The van der Waals surface area contributed by atoms with E-state index in [1.807, 2.05) is 37.2 Å². The van der Waals surface area contributed by atoms with Gasteiger partial charge in [-0.15, -0.1) is 0 Å². The van der Waals surface area contributed by atoms with Crippen molar-refractivity contribution in [1.82, 2.24) is 14.9 Å². The summed E-state index contributed by atoms with van der Waals surface area (Å²) in [6.45, 7) is 1.44. The first kappa shape index (κ1) is 21.1. The number of hydrogen-bond acceptors (Lipinski definition) is 4. The van der Waals surface area contributed by atoms with Crippen molar-refractivity contribution in [2.24, 2.45) is 0 Å². The summed E-state index contributed by atoms with van der Waals surface area (Å²) in [5.41, 5.74) is 1.56.